The molecule has 0 aliphatic carbocycles. The third kappa shape index (κ3) is 3.91. The molecule has 4 rings (SSSR count). The molecule has 0 fully saturated rings. The molecule has 1 N–H and O–H groups in total. The van der Waals surface area contributed by atoms with Gasteiger partial charge < -0.3 is 9.88 Å². The summed E-state index contributed by atoms with van der Waals surface area (Å²) in [6.07, 6.45) is 3.40. The van der Waals surface area contributed by atoms with Crippen molar-refractivity contribution in [2.45, 2.75) is 19.9 Å². The first-order valence-corrected chi connectivity index (χ1v) is 9.46. The number of hydrogen-bond donors (Lipinski definition) is 1. The Morgan fingerprint density at radius 3 is 2.31 bits per heavy atom. The Morgan fingerprint density at radius 1 is 0.931 bits per heavy atom. The lowest BCUT2D eigenvalue weighted by Gasteiger charge is -2.15. The van der Waals surface area contributed by atoms with E-state index in [1.54, 1.807) is 24.5 Å². The minimum absolute atomic E-state index is 0.0376. The van der Waals surface area contributed by atoms with Gasteiger partial charge in [0.1, 0.15) is 0 Å². The third-order valence-electron chi connectivity index (χ3n) is 4.50. The van der Waals surface area contributed by atoms with Gasteiger partial charge in [-0.1, -0.05) is 48.5 Å². The normalized spacial score (nSPS) is 10.9. The zero-order chi connectivity index (χ0) is 20.2. The van der Waals surface area contributed by atoms with Crippen molar-refractivity contribution < 1.29 is 4.79 Å². The number of ketones is 1. The number of carbonyl (C=O) groups excluding carboxylic acids is 1. The van der Waals surface area contributed by atoms with E-state index in [2.05, 4.69) is 20.3 Å². The molecular weight excluding hydrogens is 362 g/mol. The summed E-state index contributed by atoms with van der Waals surface area (Å²) in [7, 11) is 0. The molecule has 0 aliphatic rings. The van der Waals surface area contributed by atoms with E-state index in [9.17, 15) is 4.79 Å². The van der Waals surface area contributed by atoms with Crippen LogP contribution in [0.2, 0.25) is 0 Å². The summed E-state index contributed by atoms with van der Waals surface area (Å²) in [5.41, 5.74) is 2.99. The highest BCUT2D eigenvalue weighted by Crippen LogP contribution is 2.25. The first-order valence-electron chi connectivity index (χ1n) is 9.46. The van der Waals surface area contributed by atoms with E-state index in [1.165, 1.54) is 0 Å². The first kappa shape index (κ1) is 18.6. The van der Waals surface area contributed by atoms with Gasteiger partial charge in [-0.3, -0.25) is 4.79 Å². The highest BCUT2D eigenvalue weighted by molar-refractivity contribution is 6.07. The molecule has 4 aromatic rings. The molecule has 0 bridgehead atoms. The van der Waals surface area contributed by atoms with Gasteiger partial charge in [-0.15, -0.1) is 0 Å². The first-order chi connectivity index (χ1) is 14.1. The Balaban J connectivity index is 1.71. The van der Waals surface area contributed by atoms with Crippen molar-refractivity contribution in [3.8, 4) is 11.4 Å². The Morgan fingerprint density at radius 2 is 1.62 bits per heavy atom. The fourth-order valence-corrected chi connectivity index (χ4v) is 3.17. The molecule has 29 heavy (non-hydrogen) atoms. The van der Waals surface area contributed by atoms with Crippen LogP contribution < -0.4 is 5.32 Å². The maximum absolute atomic E-state index is 13.0. The molecule has 0 amide bonds. The Kier molecular flexibility index (Phi) is 5.16. The largest absolute Gasteiger partial charge is 0.324 e. The zero-order valence-electron chi connectivity index (χ0n) is 16.3. The standard InChI is InChI=1S/C23H21N5O/c1-16(2)28-20(15-25-22(28)21(29)17-9-5-3-6-10-17)19-13-14-24-23(27-19)26-18-11-7-4-8-12-18/h3-16H,1-2H3,(H,24,26,27). The van der Waals surface area contributed by atoms with Crippen LogP contribution in [0, 0.1) is 0 Å². The van der Waals surface area contributed by atoms with Crippen LogP contribution in [0.1, 0.15) is 36.1 Å². The summed E-state index contributed by atoms with van der Waals surface area (Å²) < 4.78 is 1.92. The number of hydrogen-bond acceptors (Lipinski definition) is 5. The summed E-state index contributed by atoms with van der Waals surface area (Å²) in [4.78, 5) is 26.4. The van der Waals surface area contributed by atoms with Gasteiger partial charge in [-0.2, -0.15) is 0 Å². The molecule has 2 aromatic heterocycles. The van der Waals surface area contributed by atoms with E-state index in [-0.39, 0.29) is 11.8 Å². The Hall–Kier alpha value is -3.80. The Bertz CT molecular complexity index is 1120. The smallest absolute Gasteiger partial charge is 0.228 e. The molecular formula is C23H21N5O. The van der Waals surface area contributed by atoms with Crippen LogP contribution in [0.3, 0.4) is 0 Å². The van der Waals surface area contributed by atoms with Crippen molar-refractivity contribution in [3.05, 3.63) is 90.5 Å². The molecule has 0 unspecified atom stereocenters. The lowest BCUT2D eigenvalue weighted by Crippen LogP contribution is -2.14. The highest BCUT2D eigenvalue weighted by Gasteiger charge is 2.22. The van der Waals surface area contributed by atoms with E-state index in [0.717, 1.165) is 11.4 Å². The van der Waals surface area contributed by atoms with Gasteiger partial charge in [0.2, 0.25) is 11.7 Å². The monoisotopic (exact) mass is 383 g/mol. The molecule has 0 atom stereocenters. The molecule has 6 nitrogen and oxygen atoms in total. The minimum atomic E-state index is -0.109. The van der Waals surface area contributed by atoms with Crippen LogP contribution in [0.15, 0.2) is 79.1 Å². The lowest BCUT2D eigenvalue weighted by atomic mass is 10.1. The van der Waals surface area contributed by atoms with Crippen LogP contribution in [-0.4, -0.2) is 25.3 Å². The van der Waals surface area contributed by atoms with Crippen LogP contribution in [-0.2, 0) is 0 Å². The fraction of sp³-hybridized carbons (Fsp3) is 0.130. The molecule has 0 saturated carbocycles. The molecule has 0 spiro atoms. The lowest BCUT2D eigenvalue weighted by molar-refractivity contribution is 0.102. The van der Waals surface area contributed by atoms with E-state index >= 15 is 0 Å². The fourth-order valence-electron chi connectivity index (χ4n) is 3.17. The minimum Gasteiger partial charge on any atom is -0.324 e. The van der Waals surface area contributed by atoms with Gasteiger partial charge in [-0.05, 0) is 32.0 Å². The average molecular weight is 383 g/mol. The summed E-state index contributed by atoms with van der Waals surface area (Å²) >= 11 is 0. The van der Waals surface area contributed by atoms with Gasteiger partial charge in [0.25, 0.3) is 0 Å². The molecule has 6 heteroatoms. The van der Waals surface area contributed by atoms with Crippen molar-refractivity contribution in [2.24, 2.45) is 0 Å². The zero-order valence-corrected chi connectivity index (χ0v) is 16.3. The summed E-state index contributed by atoms with van der Waals surface area (Å²) in [6.45, 7) is 4.05. The van der Waals surface area contributed by atoms with Gasteiger partial charge in [0.05, 0.1) is 17.6 Å². The number of nitrogens with zero attached hydrogens (tertiary/aromatic N) is 4. The number of imidazole rings is 1. The number of para-hydroxylation sites is 1. The number of rotatable bonds is 6. The van der Waals surface area contributed by atoms with Gasteiger partial charge in [0.15, 0.2) is 5.82 Å². The van der Waals surface area contributed by atoms with E-state index in [1.807, 2.05) is 73.0 Å². The quantitative estimate of drug-likeness (QED) is 0.480. The molecule has 2 heterocycles. The molecule has 0 aliphatic heterocycles. The predicted octanol–water partition coefficient (Wildman–Crippen LogP) is 4.90. The highest BCUT2D eigenvalue weighted by atomic mass is 16.1. The number of aromatic nitrogens is 4. The number of nitrogens with one attached hydrogen (secondary N) is 1. The third-order valence-corrected chi connectivity index (χ3v) is 4.50. The maximum Gasteiger partial charge on any atom is 0.228 e. The number of carbonyl (C=O) groups is 1. The summed E-state index contributed by atoms with van der Waals surface area (Å²) in [5.74, 6) is 0.778. The molecule has 0 saturated heterocycles. The second kappa shape index (κ2) is 8.06. The maximum atomic E-state index is 13.0. The van der Waals surface area contributed by atoms with Crippen molar-refractivity contribution in [1.82, 2.24) is 19.5 Å². The summed E-state index contributed by atoms with van der Waals surface area (Å²) in [5, 5.41) is 3.20. The van der Waals surface area contributed by atoms with Crippen molar-refractivity contribution in [1.29, 1.82) is 0 Å². The predicted molar refractivity (Wildman–Crippen MR) is 113 cm³/mol. The van der Waals surface area contributed by atoms with Gasteiger partial charge in [0, 0.05) is 23.5 Å². The van der Waals surface area contributed by atoms with E-state index in [4.69, 9.17) is 0 Å². The van der Waals surface area contributed by atoms with Crippen LogP contribution in [0.5, 0.6) is 0 Å². The molecule has 144 valence electrons. The van der Waals surface area contributed by atoms with Crippen LogP contribution in [0.25, 0.3) is 11.4 Å². The van der Waals surface area contributed by atoms with Gasteiger partial charge >= 0.3 is 0 Å². The molecule has 2 aromatic carbocycles. The topological polar surface area (TPSA) is 72.7 Å². The second-order valence-corrected chi connectivity index (χ2v) is 6.88. The number of benzene rings is 2. The van der Waals surface area contributed by atoms with Crippen molar-refractivity contribution in [2.75, 3.05) is 5.32 Å². The summed E-state index contributed by atoms with van der Waals surface area (Å²) in [6, 6.07) is 20.8. The SMILES string of the molecule is CC(C)n1c(-c2ccnc(Nc3ccccc3)n2)cnc1C(=O)c1ccccc1. The number of anilines is 2. The van der Waals surface area contributed by atoms with Crippen molar-refractivity contribution in [3.63, 3.8) is 0 Å². The molecule has 0 radical (unpaired) electrons. The second-order valence-electron chi connectivity index (χ2n) is 6.88. The van der Waals surface area contributed by atoms with E-state index < -0.39 is 0 Å². The van der Waals surface area contributed by atoms with E-state index in [0.29, 0.717) is 23.0 Å². The van der Waals surface area contributed by atoms with Crippen LogP contribution >= 0.6 is 0 Å². The van der Waals surface area contributed by atoms with Crippen LogP contribution in [0.4, 0.5) is 11.6 Å². The Labute approximate surface area is 169 Å². The van der Waals surface area contributed by atoms with Crippen molar-refractivity contribution >= 4 is 17.4 Å². The van der Waals surface area contributed by atoms with Gasteiger partial charge in [-0.25, -0.2) is 15.0 Å². The average Bonchev–Trinajstić information content (AvgIpc) is 3.20.